The maximum atomic E-state index is 11.5. The van der Waals surface area contributed by atoms with Gasteiger partial charge in [-0.2, -0.15) is 0 Å². The van der Waals surface area contributed by atoms with Crippen molar-refractivity contribution in [1.82, 2.24) is 5.32 Å². The molecule has 0 heterocycles. The van der Waals surface area contributed by atoms with E-state index >= 15 is 0 Å². The number of carbonyl (C=O) groups is 1. The number of amides is 1. The molecule has 0 saturated carbocycles. The molecule has 0 saturated heterocycles. The molecule has 0 fully saturated rings. The van der Waals surface area contributed by atoms with E-state index in [0.717, 1.165) is 12.1 Å². The zero-order valence-corrected chi connectivity index (χ0v) is 13.7. The zero-order valence-electron chi connectivity index (χ0n) is 10.7. The average molecular weight is 376 g/mol. The predicted molar refractivity (Wildman–Crippen MR) is 87.7 cm³/mol. The van der Waals surface area contributed by atoms with Gasteiger partial charge in [0.1, 0.15) is 0 Å². The number of nitrogens with one attached hydrogen (secondary N) is 2. The van der Waals surface area contributed by atoms with Gasteiger partial charge in [0, 0.05) is 15.2 Å². The summed E-state index contributed by atoms with van der Waals surface area (Å²) in [5, 5.41) is 6.10. The summed E-state index contributed by atoms with van der Waals surface area (Å²) < 4.78 is 1.19. The maximum absolute atomic E-state index is 11.5. The van der Waals surface area contributed by atoms with Crippen LogP contribution in [0.1, 0.15) is 26.3 Å². The molecule has 18 heavy (non-hydrogen) atoms. The van der Waals surface area contributed by atoms with Crippen LogP contribution in [0.25, 0.3) is 0 Å². The van der Waals surface area contributed by atoms with Crippen molar-refractivity contribution in [3.8, 4) is 0 Å². The topological polar surface area (TPSA) is 41.1 Å². The summed E-state index contributed by atoms with van der Waals surface area (Å²) in [7, 11) is 0. The van der Waals surface area contributed by atoms with Crippen molar-refractivity contribution in [1.29, 1.82) is 0 Å². The molecule has 1 amide bonds. The lowest BCUT2D eigenvalue weighted by Gasteiger charge is -2.14. The van der Waals surface area contributed by atoms with E-state index in [1.807, 2.05) is 26.0 Å². The zero-order chi connectivity index (χ0) is 13.7. The van der Waals surface area contributed by atoms with Crippen LogP contribution >= 0.6 is 34.8 Å². The molecule has 0 spiro atoms. The van der Waals surface area contributed by atoms with E-state index in [0.29, 0.717) is 5.11 Å². The number of hydrogen-bond acceptors (Lipinski definition) is 2. The SMILES string of the molecule is CCc1cc(I)ccc1NC(=S)NC(=O)C(C)C. The minimum Gasteiger partial charge on any atom is -0.332 e. The third kappa shape index (κ3) is 4.53. The highest BCUT2D eigenvalue weighted by Crippen LogP contribution is 2.19. The fourth-order valence-electron chi connectivity index (χ4n) is 1.39. The lowest BCUT2D eigenvalue weighted by Crippen LogP contribution is -2.36. The lowest BCUT2D eigenvalue weighted by molar-refractivity contribution is -0.122. The Morgan fingerprint density at radius 1 is 1.44 bits per heavy atom. The average Bonchev–Trinajstić information content (AvgIpc) is 2.31. The maximum Gasteiger partial charge on any atom is 0.228 e. The first-order valence-corrected chi connectivity index (χ1v) is 7.33. The van der Waals surface area contributed by atoms with Gasteiger partial charge in [-0.15, -0.1) is 0 Å². The van der Waals surface area contributed by atoms with Crippen LogP contribution in [0.15, 0.2) is 18.2 Å². The van der Waals surface area contributed by atoms with E-state index in [2.05, 4.69) is 46.2 Å². The van der Waals surface area contributed by atoms with Crippen LogP contribution < -0.4 is 10.6 Å². The van der Waals surface area contributed by atoms with Crippen molar-refractivity contribution >= 4 is 51.5 Å². The van der Waals surface area contributed by atoms with Crippen LogP contribution in [0.5, 0.6) is 0 Å². The molecule has 1 aromatic carbocycles. The summed E-state index contributed by atoms with van der Waals surface area (Å²) in [6.07, 6.45) is 0.917. The van der Waals surface area contributed by atoms with Gasteiger partial charge in [-0.3, -0.25) is 4.79 Å². The predicted octanol–water partition coefficient (Wildman–Crippen LogP) is 3.32. The molecule has 0 aromatic heterocycles. The van der Waals surface area contributed by atoms with Crippen LogP contribution in [0.2, 0.25) is 0 Å². The Bertz CT molecular complexity index is 460. The molecule has 0 radical (unpaired) electrons. The highest BCUT2D eigenvalue weighted by Gasteiger charge is 2.10. The summed E-state index contributed by atoms with van der Waals surface area (Å²) in [5.41, 5.74) is 2.13. The lowest BCUT2D eigenvalue weighted by atomic mass is 10.1. The highest BCUT2D eigenvalue weighted by atomic mass is 127. The minimum absolute atomic E-state index is 0.0731. The molecule has 3 nitrogen and oxygen atoms in total. The van der Waals surface area contributed by atoms with Gasteiger partial charge in [0.2, 0.25) is 5.91 Å². The van der Waals surface area contributed by atoms with Crippen LogP contribution in [-0.4, -0.2) is 11.0 Å². The van der Waals surface area contributed by atoms with Crippen molar-refractivity contribution in [3.63, 3.8) is 0 Å². The Labute approximate surface area is 127 Å². The van der Waals surface area contributed by atoms with Gasteiger partial charge in [0.25, 0.3) is 0 Å². The Balaban J connectivity index is 2.73. The summed E-state index contributed by atoms with van der Waals surface area (Å²) >= 11 is 7.40. The molecule has 0 bridgehead atoms. The van der Waals surface area contributed by atoms with Crippen molar-refractivity contribution < 1.29 is 4.79 Å². The molecule has 0 aliphatic carbocycles. The van der Waals surface area contributed by atoms with Gasteiger partial charge >= 0.3 is 0 Å². The van der Waals surface area contributed by atoms with Crippen molar-refractivity contribution in [3.05, 3.63) is 27.3 Å². The number of carbonyl (C=O) groups excluding carboxylic acids is 1. The van der Waals surface area contributed by atoms with Gasteiger partial charge in [-0.05, 0) is 65.0 Å². The largest absolute Gasteiger partial charge is 0.332 e. The van der Waals surface area contributed by atoms with E-state index in [9.17, 15) is 4.79 Å². The third-order valence-corrected chi connectivity index (χ3v) is 3.33. The molecular formula is C13H17IN2OS. The van der Waals surface area contributed by atoms with Gasteiger partial charge in [-0.1, -0.05) is 20.8 Å². The van der Waals surface area contributed by atoms with Gasteiger partial charge in [0.15, 0.2) is 5.11 Å². The number of aryl methyl sites for hydroxylation is 1. The van der Waals surface area contributed by atoms with E-state index in [-0.39, 0.29) is 11.8 Å². The number of anilines is 1. The standard InChI is InChI=1S/C13H17IN2OS/c1-4-9-7-10(14)5-6-11(9)15-13(18)16-12(17)8(2)3/h5-8H,4H2,1-3H3,(H2,15,16,17,18). The quantitative estimate of drug-likeness (QED) is 0.628. The smallest absolute Gasteiger partial charge is 0.228 e. The number of halogens is 1. The van der Waals surface area contributed by atoms with Crippen LogP contribution in [-0.2, 0) is 11.2 Å². The van der Waals surface area contributed by atoms with Crippen molar-refractivity contribution in [2.24, 2.45) is 5.92 Å². The summed E-state index contributed by atoms with van der Waals surface area (Å²) in [6.45, 7) is 5.76. The Hall–Kier alpha value is -0.690. The van der Waals surface area contributed by atoms with E-state index in [1.165, 1.54) is 9.13 Å². The Morgan fingerprint density at radius 3 is 2.67 bits per heavy atom. The number of rotatable bonds is 3. The Morgan fingerprint density at radius 2 is 2.11 bits per heavy atom. The first-order chi connectivity index (χ1) is 8.43. The fourth-order valence-corrected chi connectivity index (χ4v) is 2.15. The first-order valence-electron chi connectivity index (χ1n) is 5.84. The normalized spacial score (nSPS) is 10.3. The minimum atomic E-state index is -0.0767. The number of hydrogen-bond donors (Lipinski definition) is 2. The van der Waals surface area contributed by atoms with Crippen LogP contribution in [0, 0.1) is 9.49 Å². The van der Waals surface area contributed by atoms with Crippen LogP contribution in [0.3, 0.4) is 0 Å². The van der Waals surface area contributed by atoms with Gasteiger partial charge < -0.3 is 10.6 Å². The molecular weight excluding hydrogens is 359 g/mol. The summed E-state index contributed by atoms with van der Waals surface area (Å²) in [5.74, 6) is -0.150. The second-order valence-electron chi connectivity index (χ2n) is 4.25. The number of benzene rings is 1. The molecule has 0 aliphatic heterocycles. The fraction of sp³-hybridized carbons (Fsp3) is 0.385. The number of thiocarbonyl (C=S) groups is 1. The molecule has 1 rings (SSSR count). The van der Waals surface area contributed by atoms with E-state index in [1.54, 1.807) is 0 Å². The summed E-state index contributed by atoms with van der Waals surface area (Å²) in [6, 6.07) is 6.10. The molecule has 1 aromatic rings. The summed E-state index contributed by atoms with van der Waals surface area (Å²) in [4.78, 5) is 11.5. The molecule has 98 valence electrons. The van der Waals surface area contributed by atoms with Crippen molar-refractivity contribution in [2.75, 3.05) is 5.32 Å². The van der Waals surface area contributed by atoms with E-state index < -0.39 is 0 Å². The molecule has 0 aliphatic rings. The molecule has 2 N–H and O–H groups in total. The molecule has 0 atom stereocenters. The molecule has 0 unspecified atom stereocenters. The van der Waals surface area contributed by atoms with Gasteiger partial charge in [-0.25, -0.2) is 0 Å². The molecule has 5 heteroatoms. The second-order valence-corrected chi connectivity index (χ2v) is 5.91. The van der Waals surface area contributed by atoms with E-state index in [4.69, 9.17) is 12.2 Å². The van der Waals surface area contributed by atoms with Gasteiger partial charge in [0.05, 0.1) is 0 Å². The first kappa shape index (κ1) is 15.4. The highest BCUT2D eigenvalue weighted by molar-refractivity contribution is 14.1. The monoisotopic (exact) mass is 376 g/mol. The van der Waals surface area contributed by atoms with Crippen molar-refractivity contribution in [2.45, 2.75) is 27.2 Å². The Kier molecular flexibility index (Phi) is 6.01. The third-order valence-electron chi connectivity index (χ3n) is 2.46. The van der Waals surface area contributed by atoms with Crippen LogP contribution in [0.4, 0.5) is 5.69 Å². The second kappa shape index (κ2) is 7.04.